The largest absolute Gasteiger partial charge is 0.489 e. The summed E-state index contributed by atoms with van der Waals surface area (Å²) in [6, 6.07) is 13.9. The lowest BCUT2D eigenvalue weighted by Gasteiger charge is -2.08. The van der Waals surface area contributed by atoms with Gasteiger partial charge in [0.2, 0.25) is 0 Å². The van der Waals surface area contributed by atoms with E-state index >= 15 is 0 Å². The number of esters is 1. The summed E-state index contributed by atoms with van der Waals surface area (Å²) >= 11 is 0. The Bertz CT molecular complexity index is 968. The van der Waals surface area contributed by atoms with Crippen molar-refractivity contribution in [2.24, 2.45) is 0 Å². The van der Waals surface area contributed by atoms with Crippen LogP contribution in [0.4, 0.5) is 0 Å². The molecule has 0 atom stereocenters. The van der Waals surface area contributed by atoms with E-state index in [9.17, 15) is 9.59 Å². The molecule has 0 saturated heterocycles. The maximum Gasteiger partial charge on any atom is 0.338 e. The normalized spacial score (nSPS) is 10.6. The molecule has 0 fully saturated rings. The Morgan fingerprint density at radius 2 is 1.62 bits per heavy atom. The molecule has 3 aromatic rings. The highest BCUT2D eigenvalue weighted by molar-refractivity contribution is 5.99. The second-order valence-electron chi connectivity index (χ2n) is 6.67. The Labute approximate surface area is 169 Å². The van der Waals surface area contributed by atoms with Gasteiger partial charge in [0.25, 0.3) is 0 Å². The number of hydrogen-bond acceptors (Lipinski definition) is 6. The summed E-state index contributed by atoms with van der Waals surface area (Å²) in [6.45, 7) is 5.77. The van der Waals surface area contributed by atoms with Crippen LogP contribution in [-0.2, 0) is 17.8 Å². The van der Waals surface area contributed by atoms with Gasteiger partial charge < -0.3 is 14.0 Å². The third kappa shape index (κ3) is 5.10. The summed E-state index contributed by atoms with van der Waals surface area (Å²) < 4.78 is 16.0. The Morgan fingerprint density at radius 1 is 0.966 bits per heavy atom. The number of aromatic nitrogens is 1. The lowest BCUT2D eigenvalue weighted by molar-refractivity contribution is 0.0474. The van der Waals surface area contributed by atoms with Crippen LogP contribution in [0.5, 0.6) is 5.75 Å². The van der Waals surface area contributed by atoms with E-state index in [0.29, 0.717) is 23.5 Å². The number of nitrogens with zero attached hydrogens (tertiary/aromatic N) is 1. The van der Waals surface area contributed by atoms with Crippen molar-refractivity contribution in [2.75, 3.05) is 6.61 Å². The number of aryl methyl sites for hydroxylation is 3. The van der Waals surface area contributed by atoms with Gasteiger partial charge in [0.15, 0.2) is 12.4 Å². The fraction of sp³-hybridized carbons (Fsp3) is 0.261. The molecule has 29 heavy (non-hydrogen) atoms. The van der Waals surface area contributed by atoms with E-state index in [4.69, 9.17) is 14.0 Å². The lowest BCUT2D eigenvalue weighted by Crippen LogP contribution is -2.14. The summed E-state index contributed by atoms with van der Waals surface area (Å²) in [5.74, 6) is 0.534. The van der Waals surface area contributed by atoms with Crippen LogP contribution in [-0.4, -0.2) is 23.5 Å². The number of carbonyl (C=O) groups excluding carboxylic acids is 2. The van der Waals surface area contributed by atoms with Gasteiger partial charge in [0, 0.05) is 5.56 Å². The third-order valence-electron chi connectivity index (χ3n) is 4.67. The summed E-state index contributed by atoms with van der Waals surface area (Å²) in [4.78, 5) is 24.4. The molecule has 0 aliphatic carbocycles. The molecule has 0 aliphatic rings. The zero-order chi connectivity index (χ0) is 20.8. The molecule has 3 rings (SSSR count). The van der Waals surface area contributed by atoms with E-state index in [1.807, 2.05) is 32.9 Å². The van der Waals surface area contributed by atoms with E-state index in [2.05, 4.69) is 5.16 Å². The number of ketones is 1. The van der Waals surface area contributed by atoms with Crippen LogP contribution >= 0.6 is 0 Å². The third-order valence-corrected chi connectivity index (χ3v) is 4.67. The molecule has 2 aromatic carbocycles. The molecular formula is C23H23NO5. The minimum Gasteiger partial charge on any atom is -0.489 e. The maximum absolute atomic E-state index is 12.2. The van der Waals surface area contributed by atoms with E-state index < -0.39 is 5.97 Å². The summed E-state index contributed by atoms with van der Waals surface area (Å²) in [7, 11) is 0. The van der Waals surface area contributed by atoms with E-state index in [1.54, 1.807) is 36.4 Å². The van der Waals surface area contributed by atoms with E-state index in [1.165, 1.54) is 0 Å². The van der Waals surface area contributed by atoms with Crippen molar-refractivity contribution >= 4 is 11.8 Å². The zero-order valence-electron chi connectivity index (χ0n) is 16.7. The molecule has 0 amide bonds. The standard InChI is InChI=1S/C23H23NO5/c1-4-17-5-7-18(8-6-17)22(25)14-28-23(26)19-9-11-20(12-10-19)27-13-21-15(2)24-29-16(21)3/h5-12H,4,13-14H2,1-3H3. The number of carbonyl (C=O) groups is 2. The molecule has 6 nitrogen and oxygen atoms in total. The minimum absolute atomic E-state index is 0.236. The second-order valence-corrected chi connectivity index (χ2v) is 6.67. The summed E-state index contributed by atoms with van der Waals surface area (Å²) in [5, 5.41) is 3.89. The zero-order valence-corrected chi connectivity index (χ0v) is 16.7. The van der Waals surface area contributed by atoms with Crippen LogP contribution in [0.1, 0.15) is 50.2 Å². The van der Waals surface area contributed by atoms with Crippen molar-refractivity contribution in [3.63, 3.8) is 0 Å². The molecular weight excluding hydrogens is 370 g/mol. The minimum atomic E-state index is -0.555. The quantitative estimate of drug-likeness (QED) is 0.415. The van der Waals surface area contributed by atoms with Gasteiger partial charge >= 0.3 is 5.97 Å². The summed E-state index contributed by atoms with van der Waals surface area (Å²) in [6.07, 6.45) is 0.904. The topological polar surface area (TPSA) is 78.6 Å². The number of Topliss-reactive ketones (excluding diaryl/α,β-unsaturated/α-hetero) is 1. The van der Waals surface area contributed by atoms with Crippen molar-refractivity contribution in [3.8, 4) is 5.75 Å². The molecule has 0 bridgehead atoms. The number of ether oxygens (including phenoxy) is 2. The molecule has 0 unspecified atom stereocenters. The highest BCUT2D eigenvalue weighted by Gasteiger charge is 2.13. The SMILES string of the molecule is CCc1ccc(C(=O)COC(=O)c2ccc(OCc3c(C)noc3C)cc2)cc1. The average Bonchev–Trinajstić information content (AvgIpc) is 3.08. The van der Waals surface area contributed by atoms with Crippen molar-refractivity contribution in [3.05, 3.63) is 82.2 Å². The van der Waals surface area contributed by atoms with Crippen molar-refractivity contribution in [1.82, 2.24) is 5.16 Å². The van der Waals surface area contributed by atoms with Crippen LogP contribution in [0.2, 0.25) is 0 Å². The van der Waals surface area contributed by atoms with Gasteiger partial charge in [-0.2, -0.15) is 0 Å². The smallest absolute Gasteiger partial charge is 0.338 e. The van der Waals surface area contributed by atoms with Crippen LogP contribution < -0.4 is 4.74 Å². The predicted molar refractivity (Wildman–Crippen MR) is 107 cm³/mol. The van der Waals surface area contributed by atoms with Crippen LogP contribution in [0.15, 0.2) is 53.1 Å². The Morgan fingerprint density at radius 3 is 2.21 bits per heavy atom. The van der Waals surface area contributed by atoms with Gasteiger partial charge in [-0.05, 0) is 50.1 Å². The van der Waals surface area contributed by atoms with E-state index in [0.717, 1.165) is 29.0 Å². The second kappa shape index (κ2) is 9.19. The van der Waals surface area contributed by atoms with Gasteiger partial charge in [-0.3, -0.25) is 4.79 Å². The first-order valence-electron chi connectivity index (χ1n) is 9.41. The molecule has 1 heterocycles. The summed E-state index contributed by atoms with van der Waals surface area (Å²) in [5.41, 5.74) is 3.72. The molecule has 0 aliphatic heterocycles. The molecule has 6 heteroatoms. The number of rotatable bonds is 8. The predicted octanol–water partition coefficient (Wildman–Crippen LogP) is 4.47. The molecule has 0 radical (unpaired) electrons. The first-order valence-corrected chi connectivity index (χ1v) is 9.41. The monoisotopic (exact) mass is 393 g/mol. The average molecular weight is 393 g/mol. The van der Waals surface area contributed by atoms with Crippen LogP contribution in [0.25, 0.3) is 0 Å². The number of benzene rings is 2. The molecule has 0 N–H and O–H groups in total. The van der Waals surface area contributed by atoms with Crippen molar-refractivity contribution in [2.45, 2.75) is 33.8 Å². The number of hydrogen-bond donors (Lipinski definition) is 0. The fourth-order valence-electron chi connectivity index (χ4n) is 2.77. The Balaban J connectivity index is 1.52. The molecule has 1 aromatic heterocycles. The van der Waals surface area contributed by atoms with Crippen molar-refractivity contribution in [1.29, 1.82) is 0 Å². The molecule has 0 saturated carbocycles. The first-order chi connectivity index (χ1) is 14.0. The highest BCUT2D eigenvalue weighted by atomic mass is 16.5. The maximum atomic E-state index is 12.2. The van der Waals surface area contributed by atoms with Crippen LogP contribution in [0.3, 0.4) is 0 Å². The lowest BCUT2D eigenvalue weighted by atomic mass is 10.1. The molecule has 150 valence electrons. The van der Waals surface area contributed by atoms with Crippen molar-refractivity contribution < 1.29 is 23.6 Å². The van der Waals surface area contributed by atoms with Gasteiger partial charge in [-0.1, -0.05) is 36.3 Å². The van der Waals surface area contributed by atoms with Crippen LogP contribution in [0, 0.1) is 13.8 Å². The fourth-order valence-corrected chi connectivity index (χ4v) is 2.77. The highest BCUT2D eigenvalue weighted by Crippen LogP contribution is 2.18. The first kappa shape index (κ1) is 20.3. The van der Waals surface area contributed by atoms with Gasteiger partial charge in [-0.15, -0.1) is 0 Å². The van der Waals surface area contributed by atoms with Gasteiger partial charge in [0.05, 0.1) is 16.8 Å². The Hall–Kier alpha value is -3.41. The molecule has 0 spiro atoms. The van der Waals surface area contributed by atoms with E-state index in [-0.39, 0.29) is 12.4 Å². The van der Waals surface area contributed by atoms with Gasteiger partial charge in [-0.25, -0.2) is 4.79 Å². The Kier molecular flexibility index (Phi) is 6.44. The van der Waals surface area contributed by atoms with Gasteiger partial charge in [0.1, 0.15) is 18.1 Å².